The number of aromatic amines is 1. The molecule has 6 rings (SSSR count). The number of carbonyl (C=O) groups excluding carboxylic acids is 1. The van der Waals surface area contributed by atoms with E-state index in [1.54, 1.807) is 6.07 Å². The number of nitrogens with zero attached hydrogens (tertiary/aromatic N) is 1. The van der Waals surface area contributed by atoms with Gasteiger partial charge in [0.05, 0.1) is 17.0 Å². The van der Waals surface area contributed by atoms with Gasteiger partial charge >= 0.3 is 5.97 Å². The first-order valence-corrected chi connectivity index (χ1v) is 12.6. The van der Waals surface area contributed by atoms with E-state index in [1.165, 1.54) is 0 Å². The standard InChI is InChI=1S/C30H28N4O3/c31-30(11-12-30)15-25-26(29(36)37)22-10-9-21-17-32-24(14-23(21)27(22)34-25)19-7-4-8-20(13-19)28(35)33-16-18-5-2-1-3-6-18/h1-8,13-14,17,34H,9-12,15-16,31H2,(H,33,35)(H,36,37). The molecule has 37 heavy (non-hydrogen) atoms. The Morgan fingerprint density at radius 1 is 1.05 bits per heavy atom. The Labute approximate surface area is 214 Å². The molecule has 0 unspecified atom stereocenters. The van der Waals surface area contributed by atoms with Crippen molar-refractivity contribution in [2.75, 3.05) is 0 Å². The molecule has 186 valence electrons. The highest BCUT2D eigenvalue weighted by Gasteiger charge is 2.40. The highest BCUT2D eigenvalue weighted by atomic mass is 16.4. The molecule has 5 N–H and O–H groups in total. The van der Waals surface area contributed by atoms with Crippen molar-refractivity contribution in [1.82, 2.24) is 15.3 Å². The summed E-state index contributed by atoms with van der Waals surface area (Å²) < 4.78 is 0. The number of carbonyl (C=O) groups is 2. The minimum atomic E-state index is -0.913. The number of rotatable bonds is 7. The van der Waals surface area contributed by atoms with E-state index in [9.17, 15) is 14.7 Å². The van der Waals surface area contributed by atoms with E-state index >= 15 is 0 Å². The van der Waals surface area contributed by atoms with Crippen LogP contribution in [-0.2, 0) is 25.8 Å². The predicted octanol–water partition coefficient (Wildman–Crippen LogP) is 4.50. The summed E-state index contributed by atoms with van der Waals surface area (Å²) in [7, 11) is 0. The summed E-state index contributed by atoms with van der Waals surface area (Å²) in [6.07, 6.45) is 5.60. The van der Waals surface area contributed by atoms with Crippen LogP contribution in [0.25, 0.3) is 22.5 Å². The van der Waals surface area contributed by atoms with E-state index in [1.807, 2.05) is 60.8 Å². The van der Waals surface area contributed by atoms with Crippen molar-refractivity contribution in [3.8, 4) is 22.5 Å². The third kappa shape index (κ3) is 4.54. The van der Waals surface area contributed by atoms with Gasteiger partial charge in [-0.1, -0.05) is 42.5 Å². The molecule has 1 fully saturated rings. The quantitative estimate of drug-likeness (QED) is 0.303. The minimum Gasteiger partial charge on any atom is -0.478 e. The second-order valence-corrected chi connectivity index (χ2v) is 10.2. The van der Waals surface area contributed by atoms with E-state index in [2.05, 4.69) is 15.3 Å². The largest absolute Gasteiger partial charge is 0.478 e. The fraction of sp³-hybridized carbons (Fsp3) is 0.233. The van der Waals surface area contributed by atoms with Gasteiger partial charge in [-0.3, -0.25) is 9.78 Å². The summed E-state index contributed by atoms with van der Waals surface area (Å²) in [5, 5.41) is 13.0. The zero-order valence-corrected chi connectivity index (χ0v) is 20.4. The summed E-state index contributed by atoms with van der Waals surface area (Å²) in [4.78, 5) is 33.1. The van der Waals surface area contributed by atoms with E-state index in [0.717, 1.165) is 58.5 Å². The molecule has 2 aromatic carbocycles. The van der Waals surface area contributed by atoms with Gasteiger partial charge in [0, 0.05) is 47.1 Å². The second kappa shape index (κ2) is 9.01. The molecule has 4 aromatic rings. The Bertz CT molecular complexity index is 1520. The van der Waals surface area contributed by atoms with Gasteiger partial charge in [0.2, 0.25) is 0 Å². The number of nitrogens with one attached hydrogen (secondary N) is 2. The maximum atomic E-state index is 12.8. The fourth-order valence-corrected chi connectivity index (χ4v) is 5.19. The summed E-state index contributed by atoms with van der Waals surface area (Å²) in [5.41, 5.74) is 14.0. The predicted molar refractivity (Wildman–Crippen MR) is 141 cm³/mol. The highest BCUT2D eigenvalue weighted by molar-refractivity contribution is 5.96. The Balaban J connectivity index is 1.31. The maximum absolute atomic E-state index is 12.8. The second-order valence-electron chi connectivity index (χ2n) is 10.2. The van der Waals surface area contributed by atoms with Gasteiger partial charge < -0.3 is 21.1 Å². The number of hydrogen-bond acceptors (Lipinski definition) is 4. The van der Waals surface area contributed by atoms with Crippen LogP contribution in [0.5, 0.6) is 0 Å². The van der Waals surface area contributed by atoms with Crippen LogP contribution in [0, 0.1) is 0 Å². The molecular weight excluding hydrogens is 464 g/mol. The monoisotopic (exact) mass is 492 g/mol. The number of amides is 1. The summed E-state index contributed by atoms with van der Waals surface area (Å²) in [6, 6.07) is 19.2. The summed E-state index contributed by atoms with van der Waals surface area (Å²) >= 11 is 0. The van der Waals surface area contributed by atoms with Crippen LogP contribution >= 0.6 is 0 Å². The summed E-state index contributed by atoms with van der Waals surface area (Å²) in [6.45, 7) is 0.453. The number of nitrogens with two attached hydrogens (primary N) is 1. The molecule has 1 amide bonds. The normalized spacial score (nSPS) is 14.9. The molecule has 0 saturated heterocycles. The average Bonchev–Trinajstić information content (AvgIpc) is 3.52. The van der Waals surface area contributed by atoms with Crippen LogP contribution in [-0.4, -0.2) is 32.5 Å². The van der Waals surface area contributed by atoms with Crippen molar-refractivity contribution in [2.45, 2.75) is 44.2 Å². The van der Waals surface area contributed by atoms with Gasteiger partial charge in [0.25, 0.3) is 5.91 Å². The van der Waals surface area contributed by atoms with Crippen molar-refractivity contribution in [3.63, 3.8) is 0 Å². The molecule has 0 atom stereocenters. The number of carboxylic acids is 1. The van der Waals surface area contributed by atoms with Crippen LogP contribution in [0.3, 0.4) is 0 Å². The number of hydrogen-bond donors (Lipinski definition) is 4. The number of aryl methyl sites for hydroxylation is 1. The van der Waals surface area contributed by atoms with Crippen molar-refractivity contribution in [2.24, 2.45) is 5.73 Å². The molecule has 7 nitrogen and oxygen atoms in total. The fourth-order valence-electron chi connectivity index (χ4n) is 5.19. The molecule has 2 aliphatic rings. The van der Waals surface area contributed by atoms with E-state index in [0.29, 0.717) is 36.2 Å². The molecule has 2 aromatic heterocycles. The van der Waals surface area contributed by atoms with Crippen molar-refractivity contribution in [1.29, 1.82) is 0 Å². The van der Waals surface area contributed by atoms with Crippen LogP contribution in [0.2, 0.25) is 0 Å². The summed E-state index contributed by atoms with van der Waals surface area (Å²) in [5.74, 6) is -1.06. The first-order chi connectivity index (χ1) is 17.9. The Kier molecular flexibility index (Phi) is 5.65. The number of fused-ring (bicyclic) bond motifs is 3. The molecular formula is C30H28N4O3. The molecule has 0 radical (unpaired) electrons. The topological polar surface area (TPSA) is 121 Å². The Morgan fingerprint density at radius 3 is 2.62 bits per heavy atom. The third-order valence-corrected chi connectivity index (χ3v) is 7.43. The van der Waals surface area contributed by atoms with Gasteiger partial charge in [-0.05, 0) is 60.6 Å². The molecule has 1 saturated carbocycles. The van der Waals surface area contributed by atoms with Crippen molar-refractivity contribution < 1.29 is 14.7 Å². The van der Waals surface area contributed by atoms with Crippen molar-refractivity contribution >= 4 is 11.9 Å². The third-order valence-electron chi connectivity index (χ3n) is 7.43. The van der Waals surface area contributed by atoms with Crippen LogP contribution in [0.1, 0.15) is 55.9 Å². The van der Waals surface area contributed by atoms with Crippen LogP contribution < -0.4 is 11.1 Å². The molecule has 2 aliphatic carbocycles. The number of benzene rings is 2. The first kappa shape index (κ1) is 23.2. The highest BCUT2D eigenvalue weighted by Crippen LogP contribution is 2.41. The molecule has 0 aliphatic heterocycles. The lowest BCUT2D eigenvalue weighted by Gasteiger charge is -2.18. The van der Waals surface area contributed by atoms with E-state index in [4.69, 9.17) is 5.73 Å². The number of carboxylic acid groups (broad SMARTS) is 1. The maximum Gasteiger partial charge on any atom is 0.337 e. The van der Waals surface area contributed by atoms with Gasteiger partial charge in [0.1, 0.15) is 0 Å². The van der Waals surface area contributed by atoms with Gasteiger partial charge in [0.15, 0.2) is 0 Å². The Morgan fingerprint density at radius 2 is 1.86 bits per heavy atom. The lowest BCUT2D eigenvalue weighted by molar-refractivity contribution is 0.0694. The Hall–Kier alpha value is -4.23. The van der Waals surface area contributed by atoms with Crippen LogP contribution in [0.15, 0.2) is 66.9 Å². The van der Waals surface area contributed by atoms with Gasteiger partial charge in [-0.15, -0.1) is 0 Å². The molecule has 2 heterocycles. The molecule has 0 bridgehead atoms. The lowest BCUT2D eigenvalue weighted by Crippen LogP contribution is -2.25. The van der Waals surface area contributed by atoms with Gasteiger partial charge in [-0.2, -0.15) is 0 Å². The molecule has 0 spiro atoms. The zero-order valence-electron chi connectivity index (χ0n) is 20.4. The average molecular weight is 493 g/mol. The smallest absolute Gasteiger partial charge is 0.337 e. The van der Waals surface area contributed by atoms with E-state index < -0.39 is 5.97 Å². The lowest BCUT2D eigenvalue weighted by atomic mass is 9.88. The van der Waals surface area contributed by atoms with Crippen molar-refractivity contribution in [3.05, 3.63) is 100 Å². The first-order valence-electron chi connectivity index (χ1n) is 12.6. The number of H-pyrrole nitrogens is 1. The SMILES string of the molecule is NC1(Cc2[nH]c3c(c2C(=O)O)CCc2cnc(-c4cccc(C(=O)NCc5ccccc5)c4)cc2-3)CC1. The van der Waals surface area contributed by atoms with Crippen LogP contribution in [0.4, 0.5) is 0 Å². The number of pyridine rings is 1. The number of aromatic nitrogens is 2. The minimum absolute atomic E-state index is 0.151. The van der Waals surface area contributed by atoms with E-state index in [-0.39, 0.29) is 11.4 Å². The number of aromatic carboxylic acids is 1. The van der Waals surface area contributed by atoms with Gasteiger partial charge in [-0.25, -0.2) is 4.79 Å². The zero-order chi connectivity index (χ0) is 25.6. The molecule has 7 heteroatoms.